The number of methoxy groups -OCH3 is 1. The predicted molar refractivity (Wildman–Crippen MR) is 112 cm³/mol. The number of aliphatic hydroxyl groups is 1. The second-order valence-corrected chi connectivity index (χ2v) is 7.89. The molecule has 0 aromatic carbocycles. The lowest BCUT2D eigenvalue weighted by atomic mass is 9.74. The van der Waals surface area contributed by atoms with Crippen LogP contribution in [0.5, 0.6) is 0 Å². The molecule has 0 spiro atoms. The van der Waals surface area contributed by atoms with E-state index in [4.69, 9.17) is 14.2 Å². The van der Waals surface area contributed by atoms with Crippen molar-refractivity contribution in [1.29, 1.82) is 0 Å². The van der Waals surface area contributed by atoms with E-state index in [-0.39, 0.29) is 12.2 Å². The molecule has 7 nitrogen and oxygen atoms in total. The van der Waals surface area contributed by atoms with Gasteiger partial charge in [0.05, 0.1) is 31.8 Å². The summed E-state index contributed by atoms with van der Waals surface area (Å²) >= 11 is 0. The van der Waals surface area contributed by atoms with E-state index in [1.54, 1.807) is 0 Å². The summed E-state index contributed by atoms with van der Waals surface area (Å²) in [4.78, 5) is 35.1. The summed E-state index contributed by atoms with van der Waals surface area (Å²) in [6.45, 7) is 10.8. The lowest BCUT2D eigenvalue weighted by Crippen LogP contribution is -2.41. The molecule has 1 heterocycles. The molecule has 0 bridgehead atoms. The Morgan fingerprint density at radius 2 is 1.90 bits per heavy atom. The molecule has 1 aliphatic heterocycles. The van der Waals surface area contributed by atoms with Gasteiger partial charge in [-0.25, -0.2) is 0 Å². The molecule has 0 aromatic rings. The van der Waals surface area contributed by atoms with Crippen molar-refractivity contribution in [3.8, 4) is 0 Å². The van der Waals surface area contributed by atoms with Crippen LogP contribution in [0.2, 0.25) is 0 Å². The molecule has 7 heteroatoms. The molecule has 0 saturated carbocycles. The third-order valence-electron chi connectivity index (χ3n) is 5.02. The van der Waals surface area contributed by atoms with Gasteiger partial charge in [-0.15, -0.1) is 0 Å². The Hall–Kier alpha value is -2.41. The number of carbonyl (C=O) groups excluding carboxylic acids is 3. The van der Waals surface area contributed by atoms with Crippen LogP contribution in [-0.4, -0.2) is 42.3 Å². The number of hydrogen-bond donors (Lipinski definition) is 1. The van der Waals surface area contributed by atoms with Crippen LogP contribution in [0.15, 0.2) is 35.6 Å². The first-order valence-electron chi connectivity index (χ1n) is 10.1. The van der Waals surface area contributed by atoms with Gasteiger partial charge in [0.2, 0.25) is 6.29 Å². The summed E-state index contributed by atoms with van der Waals surface area (Å²) in [5.41, 5.74) is 2.27. The molecule has 0 fully saturated rings. The Balaban J connectivity index is 3.25. The number of aliphatic hydroxyl groups excluding tert-OH is 1. The molecule has 30 heavy (non-hydrogen) atoms. The van der Waals surface area contributed by atoms with Crippen molar-refractivity contribution in [3.05, 3.63) is 35.6 Å². The van der Waals surface area contributed by atoms with Crippen LogP contribution in [-0.2, 0) is 28.6 Å². The first-order valence-corrected chi connectivity index (χ1v) is 10.1. The van der Waals surface area contributed by atoms with Gasteiger partial charge in [0.25, 0.3) is 0 Å². The Labute approximate surface area is 178 Å². The number of hydrogen-bond acceptors (Lipinski definition) is 7. The zero-order valence-electron chi connectivity index (χ0n) is 18.6. The van der Waals surface area contributed by atoms with Gasteiger partial charge in [0.1, 0.15) is 5.78 Å². The average Bonchev–Trinajstić information content (AvgIpc) is 2.65. The van der Waals surface area contributed by atoms with E-state index >= 15 is 0 Å². The fourth-order valence-electron chi connectivity index (χ4n) is 3.50. The molecule has 0 aliphatic carbocycles. The highest BCUT2D eigenvalue weighted by atomic mass is 16.7. The molecule has 1 N–H and O–H groups in total. The third kappa shape index (κ3) is 8.14. The van der Waals surface area contributed by atoms with Crippen LogP contribution in [0.4, 0.5) is 0 Å². The van der Waals surface area contributed by atoms with Gasteiger partial charge < -0.3 is 24.1 Å². The van der Waals surface area contributed by atoms with Crippen LogP contribution in [0.1, 0.15) is 59.8 Å². The average molecular weight is 423 g/mol. The number of ketones is 1. The van der Waals surface area contributed by atoms with Crippen molar-refractivity contribution in [3.63, 3.8) is 0 Å². The van der Waals surface area contributed by atoms with E-state index in [1.807, 2.05) is 19.9 Å². The largest absolute Gasteiger partial charge is 0.469 e. The highest BCUT2D eigenvalue weighted by Gasteiger charge is 2.43. The normalized spacial score (nSPS) is 21.5. The van der Waals surface area contributed by atoms with E-state index in [1.165, 1.54) is 27.2 Å². The monoisotopic (exact) mass is 422 g/mol. The van der Waals surface area contributed by atoms with E-state index in [0.29, 0.717) is 36.8 Å². The Kier molecular flexibility index (Phi) is 10.5. The summed E-state index contributed by atoms with van der Waals surface area (Å²) < 4.78 is 15.9. The quantitative estimate of drug-likeness (QED) is 0.401. The van der Waals surface area contributed by atoms with Gasteiger partial charge in [-0.3, -0.25) is 9.59 Å². The number of carbonyl (C=O) groups is 3. The fraction of sp³-hybridized carbons (Fsp3) is 0.609. The predicted octanol–water partition coefficient (Wildman–Crippen LogP) is 3.62. The lowest BCUT2D eigenvalue weighted by molar-refractivity contribution is -0.181. The van der Waals surface area contributed by atoms with Gasteiger partial charge in [-0.1, -0.05) is 23.8 Å². The lowest BCUT2D eigenvalue weighted by Gasteiger charge is -2.39. The van der Waals surface area contributed by atoms with E-state index in [9.17, 15) is 19.5 Å². The number of Topliss-reactive ketones (excluding diaryl/α,β-unsaturated/α-hetero) is 1. The minimum Gasteiger partial charge on any atom is -0.469 e. The van der Waals surface area contributed by atoms with Gasteiger partial charge in [0, 0.05) is 19.3 Å². The number of ether oxygens (including phenoxy) is 3. The molecule has 1 aliphatic rings. The van der Waals surface area contributed by atoms with Crippen LogP contribution in [0.3, 0.4) is 0 Å². The van der Waals surface area contributed by atoms with Gasteiger partial charge >= 0.3 is 11.9 Å². The SMILES string of the molecule is C=C(CCCC(C)=O)[C@@H]1[C@@H](OC(C)=O)OC=C([C@@H](O)CC=C(C)C)[C@H]1CC(=O)OC. The minimum absolute atomic E-state index is 0.0221. The van der Waals surface area contributed by atoms with E-state index < -0.39 is 36.2 Å². The molecule has 0 unspecified atom stereocenters. The van der Waals surface area contributed by atoms with Gasteiger partial charge in [0.15, 0.2) is 0 Å². The van der Waals surface area contributed by atoms with E-state index in [0.717, 1.165) is 5.57 Å². The minimum atomic E-state index is -0.971. The number of rotatable bonds is 11. The molecule has 4 atom stereocenters. The second kappa shape index (κ2) is 12.3. The summed E-state index contributed by atoms with van der Waals surface area (Å²) in [5.74, 6) is -1.98. The van der Waals surface area contributed by atoms with E-state index in [2.05, 4.69) is 6.58 Å². The molecular weight excluding hydrogens is 388 g/mol. The molecule has 0 radical (unpaired) electrons. The molecular formula is C23H34O7. The maximum atomic E-state index is 12.1. The molecule has 0 aromatic heterocycles. The van der Waals surface area contributed by atoms with Gasteiger partial charge in [-0.05, 0) is 45.6 Å². The topological polar surface area (TPSA) is 99.1 Å². The maximum absolute atomic E-state index is 12.1. The van der Waals surface area contributed by atoms with Crippen molar-refractivity contribution < 1.29 is 33.7 Å². The molecule has 168 valence electrons. The highest BCUT2D eigenvalue weighted by Crippen LogP contribution is 2.41. The fourth-order valence-corrected chi connectivity index (χ4v) is 3.50. The molecule has 1 rings (SSSR count). The summed E-state index contributed by atoms with van der Waals surface area (Å²) in [6, 6.07) is 0. The van der Waals surface area contributed by atoms with Crippen LogP contribution in [0, 0.1) is 11.8 Å². The summed E-state index contributed by atoms with van der Waals surface area (Å²) in [5, 5.41) is 10.8. The van der Waals surface area contributed by atoms with Crippen LogP contribution >= 0.6 is 0 Å². The smallest absolute Gasteiger partial charge is 0.306 e. The Bertz CT molecular complexity index is 700. The Morgan fingerprint density at radius 1 is 1.23 bits per heavy atom. The third-order valence-corrected chi connectivity index (χ3v) is 5.02. The second-order valence-electron chi connectivity index (χ2n) is 7.89. The first kappa shape index (κ1) is 25.6. The van der Waals surface area contributed by atoms with Crippen molar-refractivity contribution in [2.75, 3.05) is 7.11 Å². The van der Waals surface area contributed by atoms with Gasteiger partial charge in [-0.2, -0.15) is 0 Å². The summed E-state index contributed by atoms with van der Waals surface area (Å²) in [7, 11) is 1.30. The van der Waals surface area contributed by atoms with Crippen molar-refractivity contribution in [2.45, 2.75) is 72.2 Å². The molecule has 0 amide bonds. The standard InChI is InChI=1S/C23H34O7/c1-14(2)10-11-20(26)19-13-29-23(30-17(5)25)22(18(19)12-21(27)28-6)15(3)8-7-9-16(4)24/h10,13,18,20,22-23,26H,3,7-9,11-12H2,1-2,4-6H3/t18-,20+,22+,23-/m1/s1. The zero-order valence-corrected chi connectivity index (χ0v) is 18.6. The maximum Gasteiger partial charge on any atom is 0.306 e. The highest BCUT2D eigenvalue weighted by molar-refractivity contribution is 5.75. The number of esters is 2. The number of allylic oxidation sites excluding steroid dienone is 1. The van der Waals surface area contributed by atoms with Crippen molar-refractivity contribution in [2.24, 2.45) is 11.8 Å². The zero-order chi connectivity index (χ0) is 22.8. The van der Waals surface area contributed by atoms with Crippen molar-refractivity contribution in [1.82, 2.24) is 0 Å². The summed E-state index contributed by atoms with van der Waals surface area (Å²) in [6.07, 6.45) is 3.25. The van der Waals surface area contributed by atoms with Crippen LogP contribution < -0.4 is 0 Å². The first-order chi connectivity index (χ1) is 14.1. The molecule has 0 saturated heterocycles. The van der Waals surface area contributed by atoms with Crippen LogP contribution in [0.25, 0.3) is 0 Å². The Morgan fingerprint density at radius 3 is 2.43 bits per heavy atom. The van der Waals surface area contributed by atoms with Crippen molar-refractivity contribution >= 4 is 17.7 Å².